The summed E-state index contributed by atoms with van der Waals surface area (Å²) in [6.07, 6.45) is 7.97. The minimum absolute atomic E-state index is 0.715. The molecule has 0 amide bonds. The maximum Gasteiger partial charge on any atom is 0.0178 e. The molecule has 0 bridgehead atoms. The third kappa shape index (κ3) is 2.18. The van der Waals surface area contributed by atoms with Crippen LogP contribution in [0.1, 0.15) is 36.8 Å². The molecule has 2 heteroatoms. The first-order valence-electron chi connectivity index (χ1n) is 6.34. The van der Waals surface area contributed by atoms with Gasteiger partial charge in [0.1, 0.15) is 0 Å². The van der Waals surface area contributed by atoms with Crippen LogP contribution < -0.4 is 5.32 Å². The lowest BCUT2D eigenvalue weighted by molar-refractivity contribution is 0.290. The van der Waals surface area contributed by atoms with Crippen molar-refractivity contribution in [2.45, 2.75) is 50.6 Å². The minimum atomic E-state index is 0.715. The first-order chi connectivity index (χ1) is 7.81. The standard InChI is InChI=1S/C14H18BrN/c15-12-6-4-10-5-7-14(9-11(10)8-12)16-13-2-1-3-13/h4,6,8,13-14,16H,1-3,5,7,9H2. The highest BCUT2D eigenvalue weighted by molar-refractivity contribution is 9.10. The van der Waals surface area contributed by atoms with Crippen molar-refractivity contribution in [3.63, 3.8) is 0 Å². The molecular formula is C14H18BrN. The molecule has 1 aromatic carbocycles. The van der Waals surface area contributed by atoms with Crippen LogP contribution in [0, 0.1) is 0 Å². The molecule has 1 fully saturated rings. The molecule has 0 aromatic heterocycles. The van der Waals surface area contributed by atoms with E-state index in [1.165, 1.54) is 48.6 Å². The molecule has 0 heterocycles. The first-order valence-corrected chi connectivity index (χ1v) is 7.14. The van der Waals surface area contributed by atoms with Crippen molar-refractivity contribution in [3.8, 4) is 0 Å². The van der Waals surface area contributed by atoms with Crippen molar-refractivity contribution in [2.75, 3.05) is 0 Å². The molecule has 1 atom stereocenters. The number of benzene rings is 1. The van der Waals surface area contributed by atoms with Gasteiger partial charge >= 0.3 is 0 Å². The molecule has 3 rings (SSSR count). The van der Waals surface area contributed by atoms with Gasteiger partial charge < -0.3 is 5.32 Å². The van der Waals surface area contributed by atoms with Gasteiger partial charge in [-0.2, -0.15) is 0 Å². The largest absolute Gasteiger partial charge is 0.311 e. The fourth-order valence-corrected chi connectivity index (χ4v) is 3.18. The lowest BCUT2D eigenvalue weighted by Crippen LogP contribution is -2.44. The highest BCUT2D eigenvalue weighted by atomic mass is 79.9. The van der Waals surface area contributed by atoms with Gasteiger partial charge in [-0.25, -0.2) is 0 Å². The van der Waals surface area contributed by atoms with Crippen molar-refractivity contribution >= 4 is 15.9 Å². The van der Waals surface area contributed by atoms with Gasteiger partial charge in [0.25, 0.3) is 0 Å². The zero-order valence-corrected chi connectivity index (χ0v) is 11.1. The zero-order valence-electron chi connectivity index (χ0n) is 9.51. The van der Waals surface area contributed by atoms with E-state index < -0.39 is 0 Å². The zero-order chi connectivity index (χ0) is 11.0. The van der Waals surface area contributed by atoms with Gasteiger partial charge in [0, 0.05) is 16.6 Å². The van der Waals surface area contributed by atoms with Gasteiger partial charge in [0.15, 0.2) is 0 Å². The second-order valence-electron chi connectivity index (χ2n) is 5.15. The van der Waals surface area contributed by atoms with Crippen LogP contribution >= 0.6 is 15.9 Å². The van der Waals surface area contributed by atoms with Crippen LogP contribution in [0.2, 0.25) is 0 Å². The molecule has 1 nitrogen and oxygen atoms in total. The normalized spacial score (nSPS) is 24.9. The van der Waals surface area contributed by atoms with E-state index in [-0.39, 0.29) is 0 Å². The number of hydrogen-bond donors (Lipinski definition) is 1. The Morgan fingerprint density at radius 1 is 1.06 bits per heavy atom. The van der Waals surface area contributed by atoms with Crippen molar-refractivity contribution in [1.29, 1.82) is 0 Å². The SMILES string of the molecule is Brc1ccc2c(c1)CC(NC1CCC1)CC2. The van der Waals surface area contributed by atoms with Crippen LogP contribution in [-0.4, -0.2) is 12.1 Å². The maximum absolute atomic E-state index is 3.80. The summed E-state index contributed by atoms with van der Waals surface area (Å²) in [6, 6.07) is 8.27. The summed E-state index contributed by atoms with van der Waals surface area (Å²) in [6.45, 7) is 0. The van der Waals surface area contributed by atoms with E-state index in [9.17, 15) is 0 Å². The van der Waals surface area contributed by atoms with Crippen LogP contribution in [0.15, 0.2) is 22.7 Å². The minimum Gasteiger partial charge on any atom is -0.311 e. The van der Waals surface area contributed by atoms with Crippen LogP contribution in [-0.2, 0) is 12.8 Å². The molecule has 2 aliphatic rings. The number of nitrogens with one attached hydrogen (secondary N) is 1. The Balaban J connectivity index is 1.69. The smallest absolute Gasteiger partial charge is 0.0178 e. The van der Waals surface area contributed by atoms with Gasteiger partial charge in [-0.15, -0.1) is 0 Å². The van der Waals surface area contributed by atoms with E-state index in [0.29, 0.717) is 6.04 Å². The topological polar surface area (TPSA) is 12.0 Å². The molecule has 1 aromatic rings. The van der Waals surface area contributed by atoms with Crippen molar-refractivity contribution in [1.82, 2.24) is 5.32 Å². The molecular weight excluding hydrogens is 262 g/mol. The molecule has 0 aliphatic heterocycles. The Kier molecular flexibility index (Phi) is 3.03. The average molecular weight is 280 g/mol. The Labute approximate surface area is 106 Å². The summed E-state index contributed by atoms with van der Waals surface area (Å²) < 4.78 is 1.22. The van der Waals surface area contributed by atoms with E-state index in [1.807, 2.05) is 0 Å². The first kappa shape index (κ1) is 10.8. The summed E-state index contributed by atoms with van der Waals surface area (Å²) in [7, 11) is 0. The van der Waals surface area contributed by atoms with Crippen molar-refractivity contribution in [3.05, 3.63) is 33.8 Å². The van der Waals surface area contributed by atoms with Gasteiger partial charge in [-0.05, 0) is 55.4 Å². The molecule has 0 radical (unpaired) electrons. The average Bonchev–Trinajstić information content (AvgIpc) is 2.23. The highest BCUT2D eigenvalue weighted by Gasteiger charge is 2.24. The molecule has 86 valence electrons. The number of hydrogen-bond acceptors (Lipinski definition) is 1. The molecule has 0 spiro atoms. The Morgan fingerprint density at radius 2 is 1.94 bits per heavy atom. The second kappa shape index (κ2) is 4.50. The number of fused-ring (bicyclic) bond motifs is 1. The highest BCUT2D eigenvalue weighted by Crippen LogP contribution is 2.27. The van der Waals surface area contributed by atoms with Gasteiger partial charge in [0.05, 0.1) is 0 Å². The Bertz CT molecular complexity index is 384. The maximum atomic E-state index is 3.80. The van der Waals surface area contributed by atoms with Crippen LogP contribution in [0.5, 0.6) is 0 Å². The van der Waals surface area contributed by atoms with Gasteiger partial charge in [0.2, 0.25) is 0 Å². The molecule has 1 unspecified atom stereocenters. The molecule has 0 saturated heterocycles. The summed E-state index contributed by atoms with van der Waals surface area (Å²) in [4.78, 5) is 0. The fraction of sp³-hybridized carbons (Fsp3) is 0.571. The molecule has 2 aliphatic carbocycles. The predicted molar refractivity (Wildman–Crippen MR) is 70.7 cm³/mol. The van der Waals surface area contributed by atoms with Crippen molar-refractivity contribution < 1.29 is 0 Å². The molecule has 1 saturated carbocycles. The number of halogens is 1. The number of aryl methyl sites for hydroxylation is 1. The van der Waals surface area contributed by atoms with Crippen LogP contribution in [0.3, 0.4) is 0 Å². The van der Waals surface area contributed by atoms with Gasteiger partial charge in [-0.3, -0.25) is 0 Å². The lowest BCUT2D eigenvalue weighted by Gasteiger charge is -2.34. The Morgan fingerprint density at radius 3 is 2.69 bits per heavy atom. The lowest BCUT2D eigenvalue weighted by atomic mass is 9.86. The third-order valence-electron chi connectivity index (χ3n) is 3.97. The fourth-order valence-electron chi connectivity index (χ4n) is 2.78. The van der Waals surface area contributed by atoms with E-state index >= 15 is 0 Å². The monoisotopic (exact) mass is 279 g/mol. The molecule has 1 N–H and O–H groups in total. The number of rotatable bonds is 2. The molecule has 16 heavy (non-hydrogen) atoms. The summed E-state index contributed by atoms with van der Waals surface area (Å²) in [5.41, 5.74) is 3.09. The van der Waals surface area contributed by atoms with Gasteiger partial charge in [-0.1, -0.05) is 28.4 Å². The van der Waals surface area contributed by atoms with E-state index in [0.717, 1.165) is 6.04 Å². The van der Waals surface area contributed by atoms with Crippen LogP contribution in [0.25, 0.3) is 0 Å². The predicted octanol–water partition coefficient (Wildman–Crippen LogP) is 3.45. The quantitative estimate of drug-likeness (QED) is 0.875. The van der Waals surface area contributed by atoms with E-state index in [2.05, 4.69) is 39.4 Å². The Hall–Kier alpha value is -0.340. The van der Waals surface area contributed by atoms with E-state index in [1.54, 1.807) is 5.56 Å². The third-order valence-corrected chi connectivity index (χ3v) is 4.47. The van der Waals surface area contributed by atoms with E-state index in [4.69, 9.17) is 0 Å². The summed E-state index contributed by atoms with van der Waals surface area (Å²) in [5.74, 6) is 0. The summed E-state index contributed by atoms with van der Waals surface area (Å²) in [5, 5.41) is 3.80. The van der Waals surface area contributed by atoms with Crippen LogP contribution in [0.4, 0.5) is 0 Å². The van der Waals surface area contributed by atoms with Crippen molar-refractivity contribution in [2.24, 2.45) is 0 Å². The second-order valence-corrected chi connectivity index (χ2v) is 6.06. The summed E-state index contributed by atoms with van der Waals surface area (Å²) >= 11 is 3.57.